The van der Waals surface area contributed by atoms with Gasteiger partial charge < -0.3 is 4.52 Å². The first-order valence-corrected chi connectivity index (χ1v) is 10.5. The maximum atomic E-state index is 13.7. The molecular weight excluding hydrogens is 331 g/mol. The first kappa shape index (κ1) is 21.7. The second kappa shape index (κ2) is 11.3. The predicted molar refractivity (Wildman–Crippen MR) is 108 cm³/mol. The Morgan fingerprint density at radius 3 is 2.32 bits per heavy atom. The minimum absolute atomic E-state index is 0.626. The van der Waals surface area contributed by atoms with Crippen LogP contribution in [0.15, 0.2) is 54.6 Å². The van der Waals surface area contributed by atoms with Crippen molar-refractivity contribution in [2.24, 2.45) is 0 Å². The van der Waals surface area contributed by atoms with E-state index in [1.54, 1.807) is 0 Å². The molecule has 1 unspecified atom stereocenters. The third-order valence-corrected chi connectivity index (χ3v) is 6.65. The lowest BCUT2D eigenvalue weighted by Crippen LogP contribution is -2.31. The standard InChI is InChI=1S/C20H33N2O2P/c1-6-8-17-21(4)25(23,24-20-15-10-9-11-16-20)22(5)18-12-14-19(3)13-7-2/h6,9-11,14-16H,1,7-8,12-13,17-18H2,2-5H3/b19-14-. The van der Waals surface area contributed by atoms with Gasteiger partial charge in [0.1, 0.15) is 5.75 Å². The average Bonchev–Trinajstić information content (AvgIpc) is 2.60. The van der Waals surface area contributed by atoms with Crippen LogP contribution in [0.1, 0.15) is 39.5 Å². The average molecular weight is 364 g/mol. The number of nitrogens with zero attached hydrogens (tertiary/aromatic N) is 2. The molecule has 1 aromatic carbocycles. The molecule has 1 atom stereocenters. The van der Waals surface area contributed by atoms with E-state index >= 15 is 0 Å². The van der Waals surface area contributed by atoms with Crippen molar-refractivity contribution in [2.75, 3.05) is 27.2 Å². The number of rotatable bonds is 12. The highest BCUT2D eigenvalue weighted by Gasteiger charge is 2.35. The maximum Gasteiger partial charge on any atom is 0.395 e. The van der Waals surface area contributed by atoms with Crippen molar-refractivity contribution in [1.82, 2.24) is 9.34 Å². The van der Waals surface area contributed by atoms with Crippen molar-refractivity contribution >= 4 is 7.67 Å². The Morgan fingerprint density at radius 2 is 1.76 bits per heavy atom. The summed E-state index contributed by atoms with van der Waals surface area (Å²) in [6, 6.07) is 9.38. The Kier molecular flexibility index (Phi) is 9.81. The number of para-hydroxylation sites is 1. The van der Waals surface area contributed by atoms with E-state index in [1.807, 2.05) is 59.8 Å². The van der Waals surface area contributed by atoms with Gasteiger partial charge in [0.2, 0.25) is 0 Å². The van der Waals surface area contributed by atoms with Crippen LogP contribution in [0.4, 0.5) is 0 Å². The molecule has 0 radical (unpaired) electrons. The monoisotopic (exact) mass is 364 g/mol. The van der Waals surface area contributed by atoms with E-state index in [0.717, 1.165) is 25.7 Å². The SMILES string of the molecule is C=CCCN(C)P(=O)(Oc1ccccc1)N(C)CC/C=C(/C)CCC. The Morgan fingerprint density at radius 1 is 1.16 bits per heavy atom. The van der Waals surface area contributed by atoms with E-state index < -0.39 is 7.67 Å². The smallest absolute Gasteiger partial charge is 0.395 e. The van der Waals surface area contributed by atoms with Gasteiger partial charge in [-0.3, -0.25) is 0 Å². The molecule has 25 heavy (non-hydrogen) atoms. The van der Waals surface area contributed by atoms with Gasteiger partial charge in [-0.05, 0) is 52.4 Å². The van der Waals surface area contributed by atoms with Crippen molar-refractivity contribution < 1.29 is 9.09 Å². The van der Waals surface area contributed by atoms with Gasteiger partial charge in [-0.25, -0.2) is 13.9 Å². The number of hydrogen-bond donors (Lipinski definition) is 0. The number of hydrogen-bond acceptors (Lipinski definition) is 2. The van der Waals surface area contributed by atoms with Crippen LogP contribution in [0.5, 0.6) is 5.75 Å². The Labute approximate surface area is 153 Å². The molecule has 140 valence electrons. The van der Waals surface area contributed by atoms with Gasteiger partial charge >= 0.3 is 7.67 Å². The summed E-state index contributed by atoms with van der Waals surface area (Å²) in [6.07, 6.45) is 7.96. The summed E-state index contributed by atoms with van der Waals surface area (Å²) in [5, 5.41) is 0. The maximum absolute atomic E-state index is 13.7. The van der Waals surface area contributed by atoms with Gasteiger partial charge in [-0.2, -0.15) is 0 Å². The molecule has 0 heterocycles. The third-order valence-electron chi connectivity index (χ3n) is 4.08. The third kappa shape index (κ3) is 7.19. The fourth-order valence-corrected chi connectivity index (χ4v) is 4.48. The molecule has 0 saturated heterocycles. The van der Waals surface area contributed by atoms with Crippen LogP contribution in [-0.2, 0) is 4.57 Å². The lowest BCUT2D eigenvalue weighted by molar-refractivity contribution is 0.316. The molecule has 0 aliphatic rings. The predicted octanol–water partition coefficient (Wildman–Crippen LogP) is 5.75. The summed E-state index contributed by atoms with van der Waals surface area (Å²) in [5.74, 6) is 0.626. The zero-order chi connectivity index (χ0) is 18.7. The Hall–Kier alpha value is -1.35. The van der Waals surface area contributed by atoms with Crippen molar-refractivity contribution in [3.63, 3.8) is 0 Å². The Balaban J connectivity index is 2.87. The van der Waals surface area contributed by atoms with Crippen molar-refractivity contribution in [1.29, 1.82) is 0 Å². The molecule has 0 aliphatic carbocycles. The minimum Gasteiger partial charge on any atom is -0.422 e. The van der Waals surface area contributed by atoms with Gasteiger partial charge in [0.25, 0.3) is 0 Å². The summed E-state index contributed by atoms with van der Waals surface area (Å²) >= 11 is 0. The minimum atomic E-state index is -3.14. The van der Waals surface area contributed by atoms with Gasteiger partial charge in [0.05, 0.1) is 0 Å². The van der Waals surface area contributed by atoms with Crippen molar-refractivity contribution in [3.05, 3.63) is 54.6 Å². The largest absolute Gasteiger partial charge is 0.422 e. The van der Waals surface area contributed by atoms with Crippen LogP contribution >= 0.6 is 7.67 Å². The van der Waals surface area contributed by atoms with Crippen LogP contribution in [0, 0.1) is 0 Å². The van der Waals surface area contributed by atoms with E-state index in [2.05, 4.69) is 26.5 Å². The lowest BCUT2D eigenvalue weighted by atomic mass is 10.1. The zero-order valence-corrected chi connectivity index (χ0v) is 17.0. The van der Waals surface area contributed by atoms with Gasteiger partial charge in [0.15, 0.2) is 0 Å². The molecule has 0 aromatic heterocycles. The van der Waals surface area contributed by atoms with E-state index in [0.29, 0.717) is 18.8 Å². The summed E-state index contributed by atoms with van der Waals surface area (Å²) in [7, 11) is 0.582. The molecule has 0 aliphatic heterocycles. The van der Waals surface area contributed by atoms with Crippen LogP contribution < -0.4 is 4.52 Å². The summed E-state index contributed by atoms with van der Waals surface area (Å²) in [4.78, 5) is 0. The molecule has 1 aromatic rings. The fourth-order valence-electron chi connectivity index (χ4n) is 2.54. The molecule has 5 heteroatoms. The molecule has 0 bridgehead atoms. The van der Waals surface area contributed by atoms with E-state index in [4.69, 9.17) is 4.52 Å². The molecular formula is C20H33N2O2P. The first-order chi connectivity index (χ1) is 11.9. The van der Waals surface area contributed by atoms with E-state index in [1.165, 1.54) is 5.57 Å². The summed E-state index contributed by atoms with van der Waals surface area (Å²) in [6.45, 7) is 9.41. The second-order valence-electron chi connectivity index (χ2n) is 6.32. The Bertz CT molecular complexity index is 587. The lowest BCUT2D eigenvalue weighted by Gasteiger charge is -2.34. The van der Waals surface area contributed by atoms with Crippen LogP contribution in [-0.4, -0.2) is 36.5 Å². The highest BCUT2D eigenvalue weighted by atomic mass is 31.2. The van der Waals surface area contributed by atoms with Gasteiger partial charge in [-0.1, -0.05) is 49.3 Å². The molecule has 0 N–H and O–H groups in total. The van der Waals surface area contributed by atoms with Crippen molar-refractivity contribution in [3.8, 4) is 5.75 Å². The van der Waals surface area contributed by atoms with Crippen molar-refractivity contribution in [2.45, 2.75) is 39.5 Å². The normalized spacial score (nSPS) is 14.6. The molecule has 4 nitrogen and oxygen atoms in total. The zero-order valence-electron chi connectivity index (χ0n) is 16.1. The highest BCUT2D eigenvalue weighted by Crippen LogP contribution is 2.52. The quantitative estimate of drug-likeness (QED) is 0.349. The van der Waals surface area contributed by atoms with Gasteiger partial charge in [-0.15, -0.1) is 6.58 Å². The van der Waals surface area contributed by atoms with E-state index in [9.17, 15) is 4.57 Å². The fraction of sp³-hybridized carbons (Fsp3) is 0.500. The number of benzene rings is 1. The molecule has 0 fully saturated rings. The molecule has 0 spiro atoms. The highest BCUT2D eigenvalue weighted by molar-refractivity contribution is 7.54. The summed E-state index contributed by atoms with van der Waals surface area (Å²) in [5.41, 5.74) is 1.38. The van der Waals surface area contributed by atoms with Gasteiger partial charge in [0, 0.05) is 13.1 Å². The van der Waals surface area contributed by atoms with Crippen LogP contribution in [0.3, 0.4) is 0 Å². The second-order valence-corrected chi connectivity index (χ2v) is 8.85. The molecule has 1 rings (SSSR count). The topological polar surface area (TPSA) is 32.8 Å². The van der Waals surface area contributed by atoms with Crippen LogP contribution in [0.25, 0.3) is 0 Å². The molecule has 0 amide bonds. The molecule has 0 saturated carbocycles. The van der Waals surface area contributed by atoms with Crippen LogP contribution in [0.2, 0.25) is 0 Å². The summed E-state index contributed by atoms with van der Waals surface area (Å²) < 4.78 is 23.3. The first-order valence-electron chi connectivity index (χ1n) is 8.98. The van der Waals surface area contributed by atoms with E-state index in [-0.39, 0.29) is 0 Å². The number of allylic oxidation sites excluding steroid dienone is 1.